The van der Waals surface area contributed by atoms with Crippen LogP contribution in [0.4, 0.5) is 10.1 Å². The Balaban J connectivity index is 1.99. The third-order valence-corrected chi connectivity index (χ3v) is 2.47. The van der Waals surface area contributed by atoms with Crippen LogP contribution in [-0.4, -0.2) is 16.4 Å². The van der Waals surface area contributed by atoms with E-state index < -0.39 is 0 Å². The summed E-state index contributed by atoms with van der Waals surface area (Å²) in [7, 11) is 1.86. The predicted octanol–water partition coefficient (Wildman–Crippen LogP) is 2.57. The maximum atomic E-state index is 13.6. The number of aryl methyl sites for hydroxylation is 1. The normalized spacial score (nSPS) is 10.4. The van der Waals surface area contributed by atoms with E-state index in [4.69, 9.17) is 4.74 Å². The number of hydrogen-bond donors (Lipinski definition) is 1. The van der Waals surface area contributed by atoms with Gasteiger partial charge in [0.1, 0.15) is 0 Å². The van der Waals surface area contributed by atoms with Crippen LogP contribution in [0.1, 0.15) is 12.6 Å². The van der Waals surface area contributed by atoms with Gasteiger partial charge < -0.3 is 10.1 Å². The van der Waals surface area contributed by atoms with Crippen molar-refractivity contribution in [3.63, 3.8) is 0 Å². The number of nitrogens with one attached hydrogen (secondary N) is 1. The average Bonchev–Trinajstić information content (AvgIpc) is 2.76. The van der Waals surface area contributed by atoms with E-state index in [1.807, 2.05) is 26.2 Å². The zero-order valence-corrected chi connectivity index (χ0v) is 10.5. The molecule has 0 aliphatic heterocycles. The molecule has 0 spiro atoms. The predicted molar refractivity (Wildman–Crippen MR) is 68.1 cm³/mol. The first-order valence-corrected chi connectivity index (χ1v) is 5.84. The van der Waals surface area contributed by atoms with Crippen molar-refractivity contribution in [2.45, 2.75) is 13.5 Å². The van der Waals surface area contributed by atoms with Crippen LogP contribution in [0.3, 0.4) is 0 Å². The molecule has 0 unspecified atom stereocenters. The summed E-state index contributed by atoms with van der Waals surface area (Å²) in [6.45, 7) is 2.85. The highest BCUT2D eigenvalue weighted by Gasteiger charge is 2.04. The van der Waals surface area contributed by atoms with E-state index in [-0.39, 0.29) is 11.6 Å². The Morgan fingerprint density at radius 1 is 1.39 bits per heavy atom. The number of hydrogen-bond acceptors (Lipinski definition) is 3. The molecule has 96 valence electrons. The second-order valence-electron chi connectivity index (χ2n) is 3.91. The first kappa shape index (κ1) is 12.4. The largest absolute Gasteiger partial charge is 0.491 e. The summed E-state index contributed by atoms with van der Waals surface area (Å²) in [6, 6.07) is 6.75. The third kappa shape index (κ3) is 3.00. The third-order valence-electron chi connectivity index (χ3n) is 2.47. The van der Waals surface area contributed by atoms with E-state index in [0.29, 0.717) is 18.8 Å². The van der Waals surface area contributed by atoms with Crippen LogP contribution in [0.25, 0.3) is 0 Å². The molecule has 0 aliphatic carbocycles. The maximum Gasteiger partial charge on any atom is 0.167 e. The Labute approximate surface area is 105 Å². The Morgan fingerprint density at radius 3 is 2.83 bits per heavy atom. The summed E-state index contributed by atoms with van der Waals surface area (Å²) < 4.78 is 20.5. The minimum Gasteiger partial charge on any atom is -0.491 e. The van der Waals surface area contributed by atoms with Crippen LogP contribution in [0.5, 0.6) is 5.75 Å². The molecule has 1 aromatic heterocycles. The number of nitrogens with zero attached hydrogens (tertiary/aromatic N) is 2. The zero-order chi connectivity index (χ0) is 13.0. The SMILES string of the molecule is CCOc1ccc(NCc2ccn(C)n2)cc1F. The van der Waals surface area contributed by atoms with Gasteiger partial charge in [0.15, 0.2) is 11.6 Å². The fraction of sp³-hybridized carbons (Fsp3) is 0.308. The molecule has 1 heterocycles. The van der Waals surface area contributed by atoms with Crippen LogP contribution < -0.4 is 10.1 Å². The zero-order valence-electron chi connectivity index (χ0n) is 10.5. The smallest absolute Gasteiger partial charge is 0.167 e. The number of aromatic nitrogens is 2. The van der Waals surface area contributed by atoms with Crippen molar-refractivity contribution >= 4 is 5.69 Å². The van der Waals surface area contributed by atoms with Crippen LogP contribution in [0, 0.1) is 5.82 Å². The molecule has 0 radical (unpaired) electrons. The minimum atomic E-state index is -0.358. The summed E-state index contributed by atoms with van der Waals surface area (Å²) in [5.41, 5.74) is 1.62. The van der Waals surface area contributed by atoms with E-state index in [1.165, 1.54) is 6.07 Å². The molecule has 1 N–H and O–H groups in total. The number of benzene rings is 1. The van der Waals surface area contributed by atoms with Crippen LogP contribution in [0.15, 0.2) is 30.5 Å². The van der Waals surface area contributed by atoms with Crippen LogP contribution in [-0.2, 0) is 13.6 Å². The van der Waals surface area contributed by atoms with Gasteiger partial charge in [-0.3, -0.25) is 4.68 Å². The lowest BCUT2D eigenvalue weighted by Gasteiger charge is -2.08. The van der Waals surface area contributed by atoms with Gasteiger partial charge in [-0.1, -0.05) is 0 Å². The highest BCUT2D eigenvalue weighted by molar-refractivity contribution is 5.47. The van der Waals surface area contributed by atoms with Crippen molar-refractivity contribution in [1.82, 2.24) is 9.78 Å². The summed E-state index contributed by atoms with van der Waals surface area (Å²) in [5.74, 6) is -0.0799. The molecule has 5 heteroatoms. The Kier molecular flexibility index (Phi) is 3.82. The standard InChI is InChI=1S/C13H16FN3O/c1-3-18-13-5-4-10(8-12(13)14)15-9-11-6-7-17(2)16-11/h4-8,15H,3,9H2,1-2H3. The summed E-state index contributed by atoms with van der Waals surface area (Å²) in [5, 5.41) is 7.34. The molecule has 0 saturated carbocycles. The number of rotatable bonds is 5. The number of halogens is 1. The first-order valence-electron chi connectivity index (χ1n) is 5.84. The molecule has 0 saturated heterocycles. The molecule has 0 atom stereocenters. The molecule has 4 nitrogen and oxygen atoms in total. The Morgan fingerprint density at radius 2 is 2.22 bits per heavy atom. The molecule has 0 fully saturated rings. The molecule has 2 aromatic rings. The van der Waals surface area contributed by atoms with Crippen molar-refractivity contribution in [1.29, 1.82) is 0 Å². The van der Waals surface area contributed by atoms with Crippen molar-refractivity contribution in [2.75, 3.05) is 11.9 Å². The Bertz CT molecular complexity index is 525. The topological polar surface area (TPSA) is 39.1 Å². The summed E-state index contributed by atoms with van der Waals surface area (Å²) in [6.07, 6.45) is 1.87. The molecule has 0 amide bonds. The van der Waals surface area contributed by atoms with Crippen LogP contribution >= 0.6 is 0 Å². The van der Waals surface area contributed by atoms with Crippen molar-refractivity contribution in [2.24, 2.45) is 7.05 Å². The van der Waals surface area contributed by atoms with Crippen molar-refractivity contribution in [3.05, 3.63) is 42.0 Å². The second kappa shape index (κ2) is 5.53. The lowest BCUT2D eigenvalue weighted by molar-refractivity contribution is 0.321. The van der Waals surface area contributed by atoms with Gasteiger partial charge in [-0.05, 0) is 25.1 Å². The van der Waals surface area contributed by atoms with Gasteiger partial charge in [0.2, 0.25) is 0 Å². The summed E-state index contributed by atoms with van der Waals surface area (Å²) >= 11 is 0. The molecular weight excluding hydrogens is 233 g/mol. The maximum absolute atomic E-state index is 13.6. The van der Waals surface area contributed by atoms with E-state index in [0.717, 1.165) is 5.69 Å². The number of ether oxygens (including phenoxy) is 1. The minimum absolute atomic E-state index is 0.279. The van der Waals surface area contributed by atoms with Crippen molar-refractivity contribution in [3.8, 4) is 5.75 Å². The highest BCUT2D eigenvalue weighted by Crippen LogP contribution is 2.21. The van der Waals surface area contributed by atoms with Gasteiger partial charge in [0.05, 0.1) is 18.8 Å². The van der Waals surface area contributed by atoms with E-state index in [2.05, 4.69) is 10.4 Å². The molecule has 0 bridgehead atoms. The van der Waals surface area contributed by atoms with Gasteiger partial charge in [0.25, 0.3) is 0 Å². The van der Waals surface area contributed by atoms with Gasteiger partial charge in [-0.15, -0.1) is 0 Å². The van der Waals surface area contributed by atoms with Gasteiger partial charge >= 0.3 is 0 Å². The number of anilines is 1. The lowest BCUT2D eigenvalue weighted by atomic mass is 10.3. The monoisotopic (exact) mass is 249 g/mol. The van der Waals surface area contributed by atoms with E-state index >= 15 is 0 Å². The molecule has 0 aliphatic rings. The van der Waals surface area contributed by atoms with E-state index in [9.17, 15) is 4.39 Å². The fourth-order valence-electron chi connectivity index (χ4n) is 1.63. The van der Waals surface area contributed by atoms with Gasteiger partial charge in [-0.25, -0.2) is 4.39 Å². The van der Waals surface area contributed by atoms with Crippen molar-refractivity contribution < 1.29 is 9.13 Å². The Hall–Kier alpha value is -2.04. The highest BCUT2D eigenvalue weighted by atomic mass is 19.1. The van der Waals surface area contributed by atoms with Gasteiger partial charge in [0, 0.05) is 25.0 Å². The second-order valence-corrected chi connectivity index (χ2v) is 3.91. The van der Waals surface area contributed by atoms with E-state index in [1.54, 1.807) is 16.8 Å². The quantitative estimate of drug-likeness (QED) is 0.885. The first-order chi connectivity index (χ1) is 8.69. The average molecular weight is 249 g/mol. The van der Waals surface area contributed by atoms with Crippen LogP contribution in [0.2, 0.25) is 0 Å². The molecule has 2 rings (SSSR count). The fourth-order valence-corrected chi connectivity index (χ4v) is 1.63. The lowest BCUT2D eigenvalue weighted by Crippen LogP contribution is -2.02. The molecule has 18 heavy (non-hydrogen) atoms. The van der Waals surface area contributed by atoms with Gasteiger partial charge in [-0.2, -0.15) is 5.10 Å². The summed E-state index contributed by atoms with van der Waals surface area (Å²) in [4.78, 5) is 0. The molecule has 1 aromatic carbocycles. The molecular formula is C13H16FN3O.